The lowest BCUT2D eigenvalue weighted by molar-refractivity contribution is 0.235. The zero-order valence-corrected chi connectivity index (χ0v) is 15.1. The zero-order valence-electron chi connectivity index (χ0n) is 15.1. The molecule has 0 saturated carbocycles. The van der Waals surface area contributed by atoms with Crippen LogP contribution in [0.2, 0.25) is 0 Å². The average Bonchev–Trinajstić information content (AvgIpc) is 2.58. The Morgan fingerprint density at radius 3 is 2.32 bits per heavy atom. The second-order valence-corrected chi connectivity index (χ2v) is 6.33. The van der Waals surface area contributed by atoms with Crippen molar-refractivity contribution in [2.75, 3.05) is 12.0 Å². The molecule has 0 aromatic heterocycles. The molecule has 0 aliphatic heterocycles. The van der Waals surface area contributed by atoms with Crippen molar-refractivity contribution in [3.63, 3.8) is 0 Å². The van der Waals surface area contributed by atoms with Crippen molar-refractivity contribution < 1.29 is 9.90 Å². The van der Waals surface area contributed by atoms with E-state index in [9.17, 15) is 4.79 Å². The summed E-state index contributed by atoms with van der Waals surface area (Å²) in [5.74, 6) is 0. The summed E-state index contributed by atoms with van der Waals surface area (Å²) in [5.41, 5.74) is 11.0. The Labute approximate surface area is 149 Å². The lowest BCUT2D eigenvalue weighted by Gasteiger charge is -2.20. The molecule has 0 heterocycles. The minimum absolute atomic E-state index is 0.104. The van der Waals surface area contributed by atoms with Crippen molar-refractivity contribution >= 4 is 11.7 Å². The van der Waals surface area contributed by atoms with Crippen LogP contribution in [0.3, 0.4) is 0 Å². The van der Waals surface area contributed by atoms with Crippen LogP contribution < -0.4 is 16.2 Å². The van der Waals surface area contributed by atoms with Gasteiger partial charge in [0.15, 0.2) is 0 Å². The third-order valence-electron chi connectivity index (χ3n) is 4.14. The summed E-state index contributed by atoms with van der Waals surface area (Å²) in [6.45, 7) is 6.17. The van der Waals surface area contributed by atoms with E-state index in [4.69, 9.17) is 5.11 Å². The molecule has 5 heteroatoms. The first-order valence-corrected chi connectivity index (χ1v) is 8.57. The highest BCUT2D eigenvalue weighted by molar-refractivity contribution is 5.76. The average molecular weight is 341 g/mol. The number of anilines is 1. The highest BCUT2D eigenvalue weighted by Gasteiger charge is 2.14. The van der Waals surface area contributed by atoms with E-state index in [1.807, 2.05) is 44.2 Å². The number of benzene rings is 2. The Morgan fingerprint density at radius 2 is 1.72 bits per heavy atom. The molecule has 4 N–H and O–H groups in total. The Bertz CT molecular complexity index is 678. The fraction of sp³-hybridized carbons (Fsp3) is 0.350. The highest BCUT2D eigenvalue weighted by atomic mass is 16.3. The molecule has 2 amide bonds. The van der Waals surface area contributed by atoms with Gasteiger partial charge in [-0.05, 0) is 50.3 Å². The second-order valence-electron chi connectivity index (χ2n) is 6.33. The lowest BCUT2D eigenvalue weighted by atomic mass is 10.0. The van der Waals surface area contributed by atoms with E-state index in [0.717, 1.165) is 22.4 Å². The standard InChI is InChI=1S/C20H27N3O2/c1-14-12-15(2)19(16(3)13-14)22-23-20(25)21-18(10-7-11-24)17-8-5-4-6-9-17/h4-6,8-9,12-13,18,22,24H,7,10-11H2,1-3H3,(H2,21,23,25). The minimum atomic E-state index is -0.300. The molecule has 0 aliphatic rings. The topological polar surface area (TPSA) is 73.4 Å². The van der Waals surface area contributed by atoms with Gasteiger partial charge in [0.2, 0.25) is 0 Å². The lowest BCUT2D eigenvalue weighted by Crippen LogP contribution is -2.41. The van der Waals surface area contributed by atoms with Gasteiger partial charge in [0.25, 0.3) is 0 Å². The molecule has 1 unspecified atom stereocenters. The van der Waals surface area contributed by atoms with Crippen LogP contribution in [0.15, 0.2) is 42.5 Å². The number of hydrogen-bond acceptors (Lipinski definition) is 3. The quantitative estimate of drug-likeness (QED) is 0.580. The maximum atomic E-state index is 12.3. The van der Waals surface area contributed by atoms with Crippen molar-refractivity contribution in [2.24, 2.45) is 0 Å². The number of rotatable bonds is 7. The van der Waals surface area contributed by atoms with Crippen molar-refractivity contribution in [1.29, 1.82) is 0 Å². The molecule has 2 aromatic rings. The van der Waals surface area contributed by atoms with Gasteiger partial charge in [0, 0.05) is 6.61 Å². The third kappa shape index (κ3) is 5.50. The van der Waals surface area contributed by atoms with Gasteiger partial charge < -0.3 is 10.4 Å². The van der Waals surface area contributed by atoms with E-state index >= 15 is 0 Å². The highest BCUT2D eigenvalue weighted by Crippen LogP contribution is 2.21. The van der Waals surface area contributed by atoms with Gasteiger partial charge in [0.1, 0.15) is 0 Å². The number of carbonyl (C=O) groups excluding carboxylic acids is 1. The first kappa shape index (κ1) is 18.8. The van der Waals surface area contributed by atoms with Gasteiger partial charge in [0.05, 0.1) is 11.7 Å². The number of aliphatic hydroxyl groups excluding tert-OH is 1. The minimum Gasteiger partial charge on any atom is -0.396 e. The van der Waals surface area contributed by atoms with Crippen LogP contribution in [-0.4, -0.2) is 17.7 Å². The molecule has 0 aliphatic carbocycles. The van der Waals surface area contributed by atoms with E-state index in [2.05, 4.69) is 35.2 Å². The number of urea groups is 1. The fourth-order valence-electron chi connectivity index (χ4n) is 2.99. The van der Waals surface area contributed by atoms with Gasteiger partial charge in [-0.15, -0.1) is 0 Å². The second kappa shape index (κ2) is 9.08. The van der Waals surface area contributed by atoms with Gasteiger partial charge >= 0.3 is 6.03 Å². The Balaban J connectivity index is 1.99. The van der Waals surface area contributed by atoms with E-state index in [-0.39, 0.29) is 18.7 Å². The van der Waals surface area contributed by atoms with Gasteiger partial charge in [-0.2, -0.15) is 0 Å². The summed E-state index contributed by atoms with van der Waals surface area (Å²) in [5, 5.41) is 12.1. The first-order valence-electron chi connectivity index (χ1n) is 8.57. The number of hydrazine groups is 1. The molecule has 0 fully saturated rings. The summed E-state index contributed by atoms with van der Waals surface area (Å²) >= 11 is 0. The summed E-state index contributed by atoms with van der Waals surface area (Å²) in [6, 6.07) is 13.5. The van der Waals surface area contributed by atoms with Gasteiger partial charge in [-0.25, -0.2) is 4.79 Å². The van der Waals surface area contributed by atoms with Crippen LogP contribution in [0.4, 0.5) is 10.5 Å². The van der Waals surface area contributed by atoms with E-state index in [0.29, 0.717) is 12.8 Å². The molecule has 5 nitrogen and oxygen atoms in total. The van der Waals surface area contributed by atoms with E-state index in [1.165, 1.54) is 5.56 Å². The SMILES string of the molecule is Cc1cc(C)c(NNC(=O)NC(CCCO)c2ccccc2)c(C)c1. The zero-order chi connectivity index (χ0) is 18.2. The smallest absolute Gasteiger partial charge is 0.333 e. The normalized spacial score (nSPS) is 11.7. The molecule has 2 rings (SSSR count). The van der Waals surface area contributed by atoms with Crippen LogP contribution >= 0.6 is 0 Å². The summed E-state index contributed by atoms with van der Waals surface area (Å²) in [6.07, 6.45) is 1.31. The first-order chi connectivity index (χ1) is 12.0. The van der Waals surface area contributed by atoms with Crippen LogP contribution in [0.25, 0.3) is 0 Å². The molecular formula is C20H27N3O2. The van der Waals surface area contributed by atoms with E-state index < -0.39 is 0 Å². The Kier molecular flexibility index (Phi) is 6.83. The van der Waals surface area contributed by atoms with Crippen molar-refractivity contribution in [3.05, 3.63) is 64.7 Å². The number of carbonyl (C=O) groups is 1. The van der Waals surface area contributed by atoms with Crippen molar-refractivity contribution in [1.82, 2.24) is 10.7 Å². The third-order valence-corrected chi connectivity index (χ3v) is 4.14. The number of aliphatic hydroxyl groups is 1. The predicted molar refractivity (Wildman–Crippen MR) is 101 cm³/mol. The maximum absolute atomic E-state index is 12.3. The number of nitrogens with one attached hydrogen (secondary N) is 3. The van der Waals surface area contributed by atoms with Crippen LogP contribution in [0, 0.1) is 20.8 Å². The molecule has 0 radical (unpaired) electrons. The largest absolute Gasteiger partial charge is 0.396 e. The molecule has 0 spiro atoms. The Hall–Kier alpha value is -2.53. The summed E-state index contributed by atoms with van der Waals surface area (Å²) in [4.78, 5) is 12.3. The monoisotopic (exact) mass is 341 g/mol. The molecule has 0 bridgehead atoms. The van der Waals surface area contributed by atoms with Crippen molar-refractivity contribution in [2.45, 2.75) is 39.7 Å². The molecule has 0 saturated heterocycles. The van der Waals surface area contributed by atoms with Crippen LogP contribution in [0.1, 0.15) is 41.1 Å². The number of hydrogen-bond donors (Lipinski definition) is 4. The molecule has 2 aromatic carbocycles. The molecule has 1 atom stereocenters. The maximum Gasteiger partial charge on any atom is 0.333 e. The van der Waals surface area contributed by atoms with Crippen molar-refractivity contribution in [3.8, 4) is 0 Å². The predicted octanol–water partition coefficient (Wildman–Crippen LogP) is 3.75. The van der Waals surface area contributed by atoms with Crippen LogP contribution in [0.5, 0.6) is 0 Å². The number of aryl methyl sites for hydroxylation is 3. The molecule has 134 valence electrons. The van der Waals surface area contributed by atoms with Gasteiger partial charge in [-0.3, -0.25) is 10.9 Å². The van der Waals surface area contributed by atoms with Crippen LogP contribution in [-0.2, 0) is 0 Å². The summed E-state index contributed by atoms with van der Waals surface area (Å²) in [7, 11) is 0. The summed E-state index contributed by atoms with van der Waals surface area (Å²) < 4.78 is 0. The molecular weight excluding hydrogens is 314 g/mol. The molecule has 25 heavy (non-hydrogen) atoms. The Morgan fingerprint density at radius 1 is 1.08 bits per heavy atom. The van der Waals surface area contributed by atoms with Gasteiger partial charge in [-0.1, -0.05) is 48.0 Å². The number of amides is 2. The van der Waals surface area contributed by atoms with E-state index in [1.54, 1.807) is 0 Å². The fourth-order valence-corrected chi connectivity index (χ4v) is 2.99.